The summed E-state index contributed by atoms with van der Waals surface area (Å²) in [7, 11) is 0. The number of amides is 2. The lowest BCUT2D eigenvalue weighted by Crippen LogP contribution is -2.32. The van der Waals surface area contributed by atoms with Crippen LogP contribution in [0.5, 0.6) is 0 Å². The average Bonchev–Trinajstić information content (AvgIpc) is 3.23. The molecule has 294 valence electrons. The van der Waals surface area contributed by atoms with E-state index in [1.165, 1.54) is 12.8 Å². The smallest absolute Gasteiger partial charge is 0.338 e. The molecule has 4 aromatic rings. The zero-order chi connectivity index (χ0) is 39.6. The van der Waals surface area contributed by atoms with Gasteiger partial charge in [-0.3, -0.25) is 9.59 Å². The molecule has 10 heteroatoms. The van der Waals surface area contributed by atoms with Gasteiger partial charge in [0.1, 0.15) is 13.2 Å². The highest BCUT2D eigenvalue weighted by molar-refractivity contribution is 5.91. The number of hydrogen-bond acceptors (Lipinski definition) is 8. The van der Waals surface area contributed by atoms with Crippen molar-refractivity contribution in [3.63, 3.8) is 0 Å². The fourth-order valence-corrected chi connectivity index (χ4v) is 8.44. The van der Waals surface area contributed by atoms with Crippen LogP contribution in [0.15, 0.2) is 97.1 Å². The first kappa shape index (κ1) is 40.0. The van der Waals surface area contributed by atoms with Gasteiger partial charge in [-0.05, 0) is 109 Å². The Balaban J connectivity index is 1.02. The quantitative estimate of drug-likeness (QED) is 0.0941. The van der Waals surface area contributed by atoms with E-state index in [4.69, 9.17) is 20.9 Å². The van der Waals surface area contributed by atoms with Gasteiger partial charge in [0.2, 0.25) is 11.8 Å². The van der Waals surface area contributed by atoms with Gasteiger partial charge in [0, 0.05) is 37.6 Å². The Hall–Kier alpha value is -5.64. The number of piperidine rings is 2. The first-order valence-electron chi connectivity index (χ1n) is 19.9. The van der Waals surface area contributed by atoms with E-state index in [2.05, 4.69) is 34.1 Å². The Morgan fingerprint density at radius 1 is 0.518 bits per heavy atom. The average molecular weight is 759 g/mol. The fourth-order valence-electron chi connectivity index (χ4n) is 8.44. The fraction of sp³-hybridized carbons (Fsp3) is 0.391. The minimum absolute atomic E-state index is 0.143. The van der Waals surface area contributed by atoms with E-state index in [9.17, 15) is 19.2 Å². The normalized spacial score (nSPS) is 16.6. The van der Waals surface area contributed by atoms with Gasteiger partial charge in [-0.2, -0.15) is 0 Å². The molecule has 56 heavy (non-hydrogen) atoms. The van der Waals surface area contributed by atoms with Crippen LogP contribution in [0.3, 0.4) is 0 Å². The monoisotopic (exact) mass is 758 g/mol. The third-order valence-electron chi connectivity index (χ3n) is 11.4. The molecule has 10 nitrogen and oxygen atoms in total. The van der Waals surface area contributed by atoms with Crippen LogP contribution in [0.2, 0.25) is 0 Å². The molecule has 2 aliphatic heterocycles. The third kappa shape index (κ3) is 9.41. The second-order valence-corrected chi connectivity index (χ2v) is 15.1. The van der Waals surface area contributed by atoms with Gasteiger partial charge < -0.3 is 30.7 Å². The lowest BCUT2D eigenvalue weighted by molar-refractivity contribution is -0.120. The summed E-state index contributed by atoms with van der Waals surface area (Å²) >= 11 is 0. The Morgan fingerprint density at radius 2 is 0.857 bits per heavy atom. The number of carbonyl (C=O) groups is 4. The predicted molar refractivity (Wildman–Crippen MR) is 219 cm³/mol. The number of ether oxygens (including phenoxy) is 2. The highest BCUT2D eigenvalue weighted by atomic mass is 16.6. The standard InChI is InChI=1S/C46H54N4O6/c1-31(37-13-5-7-15-39(37)49-25-9-3-10-26-49)41(43(47)51)33-17-21-35(22-18-33)45(53)55-29-30-56-46(54)36-23-19-34(20-24-36)42(44(48)52)32(2)38-14-6-8-16-40(38)50-27-11-4-12-28-50/h5-8,13-24,31-32,41-42H,3-4,9-12,25-30H2,1-2H3,(H2,47,51)(H2,48,52). The summed E-state index contributed by atoms with van der Waals surface area (Å²) in [5.74, 6) is -3.59. The van der Waals surface area contributed by atoms with Crippen molar-refractivity contribution >= 4 is 35.1 Å². The van der Waals surface area contributed by atoms with Crippen LogP contribution >= 0.6 is 0 Å². The van der Waals surface area contributed by atoms with Crippen molar-refractivity contribution in [2.75, 3.05) is 49.2 Å². The Bertz CT molecular complexity index is 1830. The van der Waals surface area contributed by atoms with Crippen molar-refractivity contribution in [2.24, 2.45) is 11.5 Å². The zero-order valence-corrected chi connectivity index (χ0v) is 32.5. The molecule has 0 bridgehead atoms. The number of benzene rings is 4. The van der Waals surface area contributed by atoms with Crippen molar-refractivity contribution < 1.29 is 28.7 Å². The van der Waals surface area contributed by atoms with Gasteiger partial charge in [-0.15, -0.1) is 0 Å². The molecule has 2 amide bonds. The number of carbonyl (C=O) groups excluding carboxylic acids is 4. The maximum absolute atomic E-state index is 12.9. The number of hydrogen-bond donors (Lipinski definition) is 2. The van der Waals surface area contributed by atoms with Gasteiger partial charge in [0.05, 0.1) is 23.0 Å². The largest absolute Gasteiger partial charge is 0.458 e. The molecule has 2 fully saturated rings. The summed E-state index contributed by atoms with van der Waals surface area (Å²) in [5, 5.41) is 0. The number of primary amides is 2. The Kier molecular flexibility index (Phi) is 13.4. The molecule has 0 saturated carbocycles. The predicted octanol–water partition coefficient (Wildman–Crippen LogP) is 7.43. The topological polar surface area (TPSA) is 145 Å². The molecule has 4 atom stereocenters. The maximum atomic E-state index is 12.9. The van der Waals surface area contributed by atoms with Gasteiger partial charge in [-0.1, -0.05) is 74.5 Å². The number of nitrogens with zero attached hydrogens (tertiary/aromatic N) is 2. The summed E-state index contributed by atoms with van der Waals surface area (Å²) in [4.78, 5) is 56.2. The second-order valence-electron chi connectivity index (χ2n) is 15.1. The third-order valence-corrected chi connectivity index (χ3v) is 11.4. The molecule has 2 heterocycles. The van der Waals surface area contributed by atoms with Crippen molar-refractivity contribution in [3.05, 3.63) is 130 Å². The zero-order valence-electron chi connectivity index (χ0n) is 32.5. The highest BCUT2D eigenvalue weighted by Gasteiger charge is 2.31. The first-order valence-corrected chi connectivity index (χ1v) is 19.9. The van der Waals surface area contributed by atoms with E-state index in [0.29, 0.717) is 22.3 Å². The molecule has 2 aliphatic rings. The van der Waals surface area contributed by atoms with Gasteiger partial charge in [0.15, 0.2) is 0 Å². The van der Waals surface area contributed by atoms with Crippen LogP contribution in [-0.2, 0) is 19.1 Å². The molecule has 4 aromatic carbocycles. The molecular weight excluding hydrogens is 705 g/mol. The molecule has 0 spiro atoms. The second kappa shape index (κ2) is 18.8. The lowest BCUT2D eigenvalue weighted by atomic mass is 9.81. The molecule has 0 aliphatic carbocycles. The molecule has 4 N–H and O–H groups in total. The van der Waals surface area contributed by atoms with Crippen LogP contribution in [0.1, 0.15) is 119 Å². The summed E-state index contributed by atoms with van der Waals surface area (Å²) in [6, 6.07) is 29.8. The number of rotatable bonds is 15. The van der Waals surface area contributed by atoms with E-state index in [1.807, 2.05) is 38.1 Å². The van der Waals surface area contributed by atoms with Crippen LogP contribution in [0.25, 0.3) is 0 Å². The number of para-hydroxylation sites is 2. The SMILES string of the molecule is CC(c1ccccc1N1CCCCC1)C(C(N)=O)c1ccc(C(=O)OCCOC(=O)c2ccc(C(C(N)=O)C(C)c3ccccc3N3CCCCC3)cc2)cc1. The van der Waals surface area contributed by atoms with Crippen molar-refractivity contribution in [3.8, 4) is 0 Å². The molecule has 0 radical (unpaired) electrons. The number of nitrogens with two attached hydrogens (primary N) is 2. The summed E-state index contributed by atoms with van der Waals surface area (Å²) < 4.78 is 10.8. The van der Waals surface area contributed by atoms with Crippen molar-refractivity contribution in [1.82, 2.24) is 0 Å². The minimum Gasteiger partial charge on any atom is -0.458 e. The van der Waals surface area contributed by atoms with Gasteiger partial charge in [0.25, 0.3) is 0 Å². The molecule has 4 unspecified atom stereocenters. The number of esters is 2. The molecule has 2 saturated heterocycles. The minimum atomic E-state index is -0.592. The van der Waals surface area contributed by atoms with Crippen LogP contribution in [-0.4, -0.2) is 63.1 Å². The van der Waals surface area contributed by atoms with Crippen LogP contribution < -0.4 is 21.3 Å². The van der Waals surface area contributed by atoms with Crippen molar-refractivity contribution in [1.29, 1.82) is 0 Å². The lowest BCUT2D eigenvalue weighted by Gasteiger charge is -2.33. The Morgan fingerprint density at radius 3 is 1.20 bits per heavy atom. The maximum Gasteiger partial charge on any atom is 0.338 e. The number of anilines is 2. The van der Waals surface area contributed by atoms with Gasteiger partial charge in [-0.25, -0.2) is 9.59 Å². The van der Waals surface area contributed by atoms with Crippen molar-refractivity contribution in [2.45, 2.75) is 76.0 Å². The first-order chi connectivity index (χ1) is 27.1. The summed E-state index contributed by atoms with van der Waals surface area (Å²) in [6.45, 7) is 7.70. The van der Waals surface area contributed by atoms with E-state index in [0.717, 1.165) is 74.4 Å². The molecule has 0 aromatic heterocycles. The van der Waals surface area contributed by atoms with Gasteiger partial charge >= 0.3 is 11.9 Å². The van der Waals surface area contributed by atoms with E-state index in [-0.39, 0.29) is 25.0 Å². The molecular formula is C46H54N4O6. The van der Waals surface area contributed by atoms with E-state index >= 15 is 0 Å². The summed E-state index contributed by atoms with van der Waals surface area (Å²) in [6.07, 6.45) is 7.03. The Labute approximate surface area is 330 Å². The van der Waals surface area contributed by atoms with Crippen LogP contribution in [0, 0.1) is 0 Å². The van der Waals surface area contributed by atoms with Crippen LogP contribution in [0.4, 0.5) is 11.4 Å². The molecule has 6 rings (SSSR count). The highest BCUT2D eigenvalue weighted by Crippen LogP contribution is 2.40. The summed E-state index contributed by atoms with van der Waals surface area (Å²) in [5.41, 5.74) is 18.4. The van der Waals surface area contributed by atoms with E-state index in [1.54, 1.807) is 48.5 Å². The van der Waals surface area contributed by atoms with E-state index < -0.39 is 35.6 Å².